The number of ether oxygens (including phenoxy) is 1. The maximum atomic E-state index is 13.6. The van der Waals surface area contributed by atoms with Gasteiger partial charge in [-0.15, -0.1) is 0 Å². The van der Waals surface area contributed by atoms with Crippen LogP contribution in [0.1, 0.15) is 18.1 Å². The minimum atomic E-state index is -3.92. The molecule has 7 nitrogen and oxygen atoms in total. The van der Waals surface area contributed by atoms with Crippen LogP contribution in [0.2, 0.25) is 0 Å². The highest BCUT2D eigenvalue weighted by Gasteiger charge is 2.31. The van der Waals surface area contributed by atoms with Crippen LogP contribution < -0.4 is 9.46 Å². The van der Waals surface area contributed by atoms with Gasteiger partial charge in [-0.1, -0.05) is 72.8 Å². The Kier molecular flexibility index (Phi) is 9.70. The van der Waals surface area contributed by atoms with Gasteiger partial charge in [0.25, 0.3) is 0 Å². The van der Waals surface area contributed by atoms with Crippen molar-refractivity contribution in [1.82, 2.24) is 14.5 Å². The quantitative estimate of drug-likeness (QED) is 0.405. The Labute approximate surface area is 225 Å². The van der Waals surface area contributed by atoms with Crippen molar-refractivity contribution >= 4 is 22.0 Å². The largest absolute Gasteiger partial charge is 0.494 e. The molecule has 0 radical (unpaired) electrons. The zero-order valence-corrected chi connectivity index (χ0v) is 22.5. The fourth-order valence-corrected chi connectivity index (χ4v) is 5.63. The predicted molar refractivity (Wildman–Crippen MR) is 150 cm³/mol. The van der Waals surface area contributed by atoms with Crippen molar-refractivity contribution in [2.24, 2.45) is 0 Å². The molecule has 1 atom stereocenters. The first-order valence-electron chi connectivity index (χ1n) is 13.0. The molecule has 8 heteroatoms. The summed E-state index contributed by atoms with van der Waals surface area (Å²) in [5.41, 5.74) is 2.05. The van der Waals surface area contributed by atoms with Gasteiger partial charge in [0.05, 0.1) is 11.5 Å². The monoisotopic (exact) mass is 533 g/mol. The van der Waals surface area contributed by atoms with Crippen LogP contribution in [0, 0.1) is 0 Å². The summed E-state index contributed by atoms with van der Waals surface area (Å²) in [6.07, 6.45) is 4.51. The smallest absolute Gasteiger partial charge is 0.241 e. The number of sulfonamides is 1. The summed E-state index contributed by atoms with van der Waals surface area (Å²) in [4.78, 5) is 17.8. The summed E-state index contributed by atoms with van der Waals surface area (Å²) in [5, 5.41) is 0. The number of benzene rings is 3. The maximum Gasteiger partial charge on any atom is 0.241 e. The first kappa shape index (κ1) is 27.6. The van der Waals surface area contributed by atoms with E-state index in [2.05, 4.69) is 33.9 Å². The lowest BCUT2D eigenvalue weighted by molar-refractivity contribution is -0.134. The highest BCUT2D eigenvalue weighted by Crippen LogP contribution is 2.18. The molecule has 1 aliphatic heterocycles. The summed E-state index contributed by atoms with van der Waals surface area (Å²) in [7, 11) is -3.92. The molecule has 4 rings (SSSR count). The molecule has 0 aliphatic carbocycles. The molecule has 200 valence electrons. The Bertz CT molecular complexity index is 1290. The molecule has 1 fully saturated rings. The van der Waals surface area contributed by atoms with Crippen molar-refractivity contribution in [3.05, 3.63) is 102 Å². The standard InChI is InChI=1S/C30H35N3O4S/c1-2-37-27-15-17-28(18-16-27)38(35,36)31-29(24-26-12-7-4-8-13-26)30(34)33-22-20-32(21-23-33)19-9-14-25-10-5-3-6-11-25/h3-18,29,31H,2,19-24H2,1H3/b14-9+/t29-/m0/s1. The number of piperazine rings is 1. The van der Waals surface area contributed by atoms with E-state index in [4.69, 9.17) is 4.74 Å². The molecule has 0 aromatic heterocycles. The predicted octanol–water partition coefficient (Wildman–Crippen LogP) is 3.83. The van der Waals surface area contributed by atoms with Crippen molar-refractivity contribution < 1.29 is 17.9 Å². The Balaban J connectivity index is 1.41. The van der Waals surface area contributed by atoms with Gasteiger partial charge in [0.2, 0.25) is 15.9 Å². The van der Waals surface area contributed by atoms with E-state index in [9.17, 15) is 13.2 Å². The fraction of sp³-hybridized carbons (Fsp3) is 0.300. The molecule has 0 spiro atoms. The summed E-state index contributed by atoms with van der Waals surface area (Å²) in [6.45, 7) is 5.72. The fourth-order valence-electron chi connectivity index (χ4n) is 4.44. The minimum Gasteiger partial charge on any atom is -0.494 e. The molecule has 1 amide bonds. The van der Waals surface area contributed by atoms with Gasteiger partial charge >= 0.3 is 0 Å². The molecule has 1 heterocycles. The summed E-state index contributed by atoms with van der Waals surface area (Å²) in [6, 6.07) is 25.0. The molecule has 38 heavy (non-hydrogen) atoms. The molecule has 3 aromatic carbocycles. The summed E-state index contributed by atoms with van der Waals surface area (Å²) < 4.78 is 34.6. The van der Waals surface area contributed by atoms with Crippen molar-refractivity contribution in [3.63, 3.8) is 0 Å². The number of hydrogen-bond acceptors (Lipinski definition) is 5. The third kappa shape index (κ3) is 7.77. The van der Waals surface area contributed by atoms with Gasteiger partial charge in [-0.3, -0.25) is 9.69 Å². The number of nitrogens with one attached hydrogen (secondary N) is 1. The molecular weight excluding hydrogens is 498 g/mol. The average molecular weight is 534 g/mol. The van der Waals surface area contributed by atoms with Crippen LogP contribution in [-0.4, -0.2) is 69.5 Å². The number of carbonyl (C=O) groups excluding carboxylic acids is 1. The SMILES string of the molecule is CCOc1ccc(S(=O)(=O)N[C@@H](Cc2ccccc2)C(=O)N2CCN(C/C=C/c3ccccc3)CC2)cc1. The minimum absolute atomic E-state index is 0.0989. The molecule has 0 bridgehead atoms. The van der Waals surface area contributed by atoms with Gasteiger partial charge in [-0.05, 0) is 48.7 Å². The van der Waals surface area contributed by atoms with Gasteiger partial charge in [-0.25, -0.2) is 8.42 Å². The lowest BCUT2D eigenvalue weighted by atomic mass is 10.1. The van der Waals surface area contributed by atoms with Crippen LogP contribution in [0.3, 0.4) is 0 Å². The maximum absolute atomic E-state index is 13.6. The van der Waals surface area contributed by atoms with E-state index in [1.807, 2.05) is 55.5 Å². The summed E-state index contributed by atoms with van der Waals surface area (Å²) in [5.74, 6) is 0.391. The Morgan fingerprint density at radius 3 is 2.18 bits per heavy atom. The summed E-state index contributed by atoms with van der Waals surface area (Å²) >= 11 is 0. The van der Waals surface area contributed by atoms with Crippen molar-refractivity contribution in [1.29, 1.82) is 0 Å². The third-order valence-corrected chi connectivity index (χ3v) is 7.97. The topological polar surface area (TPSA) is 78.9 Å². The molecular formula is C30H35N3O4S. The Hall–Kier alpha value is -3.46. The number of hydrogen-bond donors (Lipinski definition) is 1. The van der Waals surface area contributed by atoms with Gasteiger partial charge < -0.3 is 9.64 Å². The van der Waals surface area contributed by atoms with E-state index in [1.54, 1.807) is 17.0 Å². The van der Waals surface area contributed by atoms with Crippen molar-refractivity contribution in [2.45, 2.75) is 24.3 Å². The van der Waals surface area contributed by atoms with Crippen LogP contribution in [-0.2, 0) is 21.2 Å². The third-order valence-electron chi connectivity index (χ3n) is 6.48. The first-order valence-corrected chi connectivity index (χ1v) is 14.4. The van der Waals surface area contributed by atoms with E-state index < -0.39 is 16.1 Å². The van der Waals surface area contributed by atoms with E-state index in [0.29, 0.717) is 25.4 Å². The van der Waals surface area contributed by atoms with Gasteiger partial charge in [0.15, 0.2) is 0 Å². The van der Waals surface area contributed by atoms with Gasteiger partial charge in [0, 0.05) is 32.7 Å². The lowest BCUT2D eigenvalue weighted by Gasteiger charge is -2.36. The van der Waals surface area contributed by atoms with Crippen molar-refractivity contribution in [2.75, 3.05) is 39.3 Å². The van der Waals surface area contributed by atoms with Gasteiger partial charge in [0.1, 0.15) is 11.8 Å². The second-order valence-corrected chi connectivity index (χ2v) is 10.9. The highest BCUT2D eigenvalue weighted by molar-refractivity contribution is 7.89. The number of nitrogens with zero attached hydrogens (tertiary/aromatic N) is 2. The van der Waals surface area contributed by atoms with Gasteiger partial charge in [-0.2, -0.15) is 4.72 Å². The zero-order valence-electron chi connectivity index (χ0n) is 21.7. The first-order chi connectivity index (χ1) is 18.4. The van der Waals surface area contributed by atoms with E-state index in [0.717, 1.165) is 30.8 Å². The highest BCUT2D eigenvalue weighted by atomic mass is 32.2. The molecule has 1 aliphatic rings. The molecule has 0 saturated carbocycles. The normalized spacial score (nSPS) is 15.4. The van der Waals surface area contributed by atoms with E-state index in [1.165, 1.54) is 12.1 Å². The zero-order chi connectivity index (χ0) is 26.8. The Morgan fingerprint density at radius 1 is 0.921 bits per heavy atom. The Morgan fingerprint density at radius 2 is 1.55 bits per heavy atom. The average Bonchev–Trinajstić information content (AvgIpc) is 2.94. The second kappa shape index (κ2) is 13.4. The van der Waals surface area contributed by atoms with Crippen molar-refractivity contribution in [3.8, 4) is 5.75 Å². The van der Waals surface area contributed by atoms with Crippen LogP contribution in [0.25, 0.3) is 6.08 Å². The van der Waals surface area contributed by atoms with Crippen LogP contribution in [0.15, 0.2) is 95.9 Å². The van der Waals surface area contributed by atoms with E-state index in [-0.39, 0.29) is 17.2 Å². The molecule has 3 aromatic rings. The molecule has 1 N–H and O–H groups in total. The van der Waals surface area contributed by atoms with E-state index >= 15 is 0 Å². The molecule has 1 saturated heterocycles. The molecule has 0 unspecified atom stereocenters. The lowest BCUT2D eigenvalue weighted by Crippen LogP contribution is -2.55. The van der Waals surface area contributed by atoms with Crippen LogP contribution >= 0.6 is 0 Å². The van der Waals surface area contributed by atoms with Crippen LogP contribution in [0.4, 0.5) is 0 Å². The number of carbonyl (C=O) groups is 1. The number of amides is 1. The number of rotatable bonds is 11. The second-order valence-electron chi connectivity index (χ2n) is 9.21. The van der Waals surface area contributed by atoms with Crippen LogP contribution in [0.5, 0.6) is 5.75 Å².